The van der Waals surface area contributed by atoms with Gasteiger partial charge in [-0.15, -0.1) is 0 Å². The molecule has 12 nitrogen and oxygen atoms in total. The summed E-state index contributed by atoms with van der Waals surface area (Å²) in [5.41, 5.74) is -0.0562. The van der Waals surface area contributed by atoms with Gasteiger partial charge in [-0.3, -0.25) is 18.1 Å². The van der Waals surface area contributed by atoms with Crippen molar-refractivity contribution < 1.29 is 55.7 Å². The molecule has 0 radical (unpaired) electrons. The number of esters is 1. The number of carboxylic acid groups (broad SMARTS) is 1. The van der Waals surface area contributed by atoms with Gasteiger partial charge in [-0.05, 0) is 20.8 Å². The van der Waals surface area contributed by atoms with Gasteiger partial charge in [0.05, 0.1) is 18.8 Å². The smallest absolute Gasteiger partial charge is 0.478 e. The van der Waals surface area contributed by atoms with E-state index in [-0.39, 0.29) is 17.1 Å². The van der Waals surface area contributed by atoms with Gasteiger partial charge in [0.15, 0.2) is 0 Å². The molecular formula is C14H26O12P2. The SMILES string of the molecule is COC(=O)/C=C(\C)OP(=O)(OC)OC.COP(=O)(OC)O/C(C)=C(/C)C(=O)O. The van der Waals surface area contributed by atoms with Crippen LogP contribution in [0.2, 0.25) is 0 Å². The summed E-state index contributed by atoms with van der Waals surface area (Å²) in [5.74, 6) is -1.68. The Morgan fingerprint density at radius 3 is 1.50 bits per heavy atom. The first-order valence-corrected chi connectivity index (χ1v) is 10.2. The fourth-order valence-electron chi connectivity index (χ4n) is 1.11. The third kappa shape index (κ3) is 11.2. The van der Waals surface area contributed by atoms with E-state index in [1.54, 1.807) is 0 Å². The molecular weight excluding hydrogens is 422 g/mol. The molecule has 0 aromatic rings. The van der Waals surface area contributed by atoms with E-state index < -0.39 is 27.6 Å². The maximum atomic E-state index is 11.4. The van der Waals surface area contributed by atoms with Crippen LogP contribution in [0, 0.1) is 0 Å². The molecule has 0 saturated heterocycles. The highest BCUT2D eigenvalue weighted by molar-refractivity contribution is 7.48. The van der Waals surface area contributed by atoms with Gasteiger partial charge in [0.25, 0.3) is 0 Å². The maximum absolute atomic E-state index is 11.4. The molecule has 0 aromatic heterocycles. The quantitative estimate of drug-likeness (QED) is 0.226. The van der Waals surface area contributed by atoms with Crippen LogP contribution in [-0.4, -0.2) is 52.6 Å². The van der Waals surface area contributed by atoms with Crippen LogP contribution >= 0.6 is 15.6 Å². The number of hydrogen-bond acceptors (Lipinski definition) is 11. The summed E-state index contributed by atoms with van der Waals surface area (Å²) < 4.78 is 54.6. The number of allylic oxidation sites excluding steroid dienone is 2. The van der Waals surface area contributed by atoms with Crippen molar-refractivity contribution in [3.63, 3.8) is 0 Å². The molecule has 0 amide bonds. The van der Waals surface area contributed by atoms with Crippen LogP contribution < -0.4 is 0 Å². The molecule has 0 heterocycles. The van der Waals surface area contributed by atoms with Crippen molar-refractivity contribution in [2.75, 3.05) is 35.5 Å². The first-order chi connectivity index (χ1) is 12.8. The molecule has 0 unspecified atom stereocenters. The lowest BCUT2D eigenvalue weighted by molar-refractivity contribution is -0.135. The standard InChI is InChI=1S/2C7H13O6P/c1-6(5-7(8)10-2)13-14(9,11-3)12-4;1-5(7(8)9)6(2)13-14(10,11-3)12-4/h5H,1-4H3;1-4H3,(H,8,9)/b6-5+;6-5-. The molecule has 0 aliphatic carbocycles. The van der Waals surface area contributed by atoms with Crippen molar-refractivity contribution in [3.8, 4) is 0 Å². The van der Waals surface area contributed by atoms with Gasteiger partial charge in [-0.2, -0.15) is 0 Å². The molecule has 0 aliphatic rings. The molecule has 164 valence electrons. The molecule has 28 heavy (non-hydrogen) atoms. The minimum atomic E-state index is -3.65. The topological polar surface area (TPSA) is 153 Å². The number of methoxy groups -OCH3 is 1. The third-order valence-electron chi connectivity index (χ3n) is 2.77. The first kappa shape index (κ1) is 28.5. The minimum Gasteiger partial charge on any atom is -0.478 e. The summed E-state index contributed by atoms with van der Waals surface area (Å²) in [6, 6.07) is 0. The lowest BCUT2D eigenvalue weighted by atomic mass is 10.3. The number of hydrogen-bond donors (Lipinski definition) is 1. The molecule has 0 aromatic carbocycles. The predicted molar refractivity (Wildman–Crippen MR) is 97.2 cm³/mol. The van der Waals surface area contributed by atoms with E-state index >= 15 is 0 Å². The highest BCUT2D eigenvalue weighted by atomic mass is 31.2. The van der Waals surface area contributed by atoms with Crippen LogP contribution in [0.4, 0.5) is 0 Å². The summed E-state index contributed by atoms with van der Waals surface area (Å²) >= 11 is 0. The molecule has 0 spiro atoms. The highest BCUT2D eigenvalue weighted by Gasteiger charge is 2.26. The van der Waals surface area contributed by atoms with Gasteiger partial charge in [0, 0.05) is 28.4 Å². The van der Waals surface area contributed by atoms with Crippen LogP contribution in [0.1, 0.15) is 20.8 Å². The lowest BCUT2D eigenvalue weighted by Gasteiger charge is -2.15. The van der Waals surface area contributed by atoms with Crippen LogP contribution in [0.15, 0.2) is 23.2 Å². The number of carbonyl (C=O) groups excluding carboxylic acids is 1. The van der Waals surface area contributed by atoms with Gasteiger partial charge in [-0.25, -0.2) is 18.7 Å². The zero-order valence-electron chi connectivity index (χ0n) is 16.9. The van der Waals surface area contributed by atoms with Crippen LogP contribution in [0.5, 0.6) is 0 Å². The van der Waals surface area contributed by atoms with Gasteiger partial charge >= 0.3 is 27.6 Å². The average Bonchev–Trinajstić information content (AvgIpc) is 2.66. The van der Waals surface area contributed by atoms with E-state index in [1.807, 2.05) is 0 Å². The Balaban J connectivity index is 0. The number of phosphoric ester groups is 2. The molecule has 0 aliphatic heterocycles. The first-order valence-electron chi connectivity index (χ1n) is 7.32. The van der Waals surface area contributed by atoms with E-state index in [9.17, 15) is 18.7 Å². The Hall–Kier alpha value is -1.68. The fourth-order valence-corrected chi connectivity index (χ4v) is 2.59. The summed E-state index contributed by atoms with van der Waals surface area (Å²) in [4.78, 5) is 21.2. The highest BCUT2D eigenvalue weighted by Crippen LogP contribution is 2.50. The minimum absolute atomic E-state index is 0.00969. The van der Waals surface area contributed by atoms with Crippen molar-refractivity contribution in [2.45, 2.75) is 20.8 Å². The number of carboxylic acids is 1. The van der Waals surface area contributed by atoms with Gasteiger partial charge in [0.1, 0.15) is 11.5 Å². The number of rotatable bonds is 10. The third-order valence-corrected chi connectivity index (χ3v) is 5.57. The molecule has 0 rings (SSSR count). The monoisotopic (exact) mass is 448 g/mol. The second kappa shape index (κ2) is 13.5. The van der Waals surface area contributed by atoms with Crippen LogP contribution in [0.25, 0.3) is 0 Å². The summed E-state index contributed by atoms with van der Waals surface area (Å²) in [6.45, 7) is 4.13. The zero-order valence-corrected chi connectivity index (χ0v) is 18.7. The molecule has 14 heteroatoms. The Bertz CT molecular complexity index is 664. The van der Waals surface area contributed by atoms with Crippen LogP contribution in [0.3, 0.4) is 0 Å². The van der Waals surface area contributed by atoms with E-state index in [4.69, 9.17) is 14.2 Å². The van der Waals surface area contributed by atoms with E-state index in [0.29, 0.717) is 0 Å². The zero-order chi connectivity index (χ0) is 22.5. The lowest BCUT2D eigenvalue weighted by Crippen LogP contribution is -2.02. The van der Waals surface area contributed by atoms with Gasteiger partial charge < -0.3 is 18.9 Å². The summed E-state index contributed by atoms with van der Waals surface area (Å²) in [7, 11) is -1.37. The van der Waals surface area contributed by atoms with Crippen molar-refractivity contribution in [3.05, 3.63) is 23.2 Å². The fraction of sp³-hybridized carbons (Fsp3) is 0.571. The van der Waals surface area contributed by atoms with Gasteiger partial charge in [-0.1, -0.05) is 0 Å². The largest absolute Gasteiger partial charge is 0.529 e. The molecule has 0 atom stereocenters. The summed E-state index contributed by atoms with van der Waals surface area (Å²) in [5, 5.41) is 8.59. The molecule has 0 bridgehead atoms. The van der Waals surface area contributed by atoms with E-state index in [0.717, 1.165) is 20.3 Å². The number of phosphoric acid groups is 2. The van der Waals surface area contributed by atoms with E-state index in [2.05, 4.69) is 22.8 Å². The van der Waals surface area contributed by atoms with Crippen molar-refractivity contribution >= 4 is 27.6 Å². The van der Waals surface area contributed by atoms with Crippen LogP contribution in [-0.2, 0) is 50.6 Å². The molecule has 0 fully saturated rings. The maximum Gasteiger partial charge on any atom is 0.529 e. The Morgan fingerprint density at radius 2 is 1.18 bits per heavy atom. The second-order valence-electron chi connectivity index (χ2n) is 4.57. The number of aliphatic carboxylic acids is 1. The van der Waals surface area contributed by atoms with Gasteiger partial charge in [0.2, 0.25) is 0 Å². The summed E-state index contributed by atoms with van der Waals surface area (Å²) in [6.07, 6.45) is 1.03. The average molecular weight is 448 g/mol. The van der Waals surface area contributed by atoms with Crippen molar-refractivity contribution in [1.82, 2.24) is 0 Å². The Kier molecular flexibility index (Phi) is 13.7. The second-order valence-corrected chi connectivity index (χ2v) is 8.19. The Labute approximate surface area is 163 Å². The Morgan fingerprint density at radius 1 is 0.786 bits per heavy atom. The molecule has 1 N–H and O–H groups in total. The predicted octanol–water partition coefficient (Wildman–Crippen LogP) is 3.26. The number of ether oxygens (including phenoxy) is 1. The van der Waals surface area contributed by atoms with E-state index in [1.165, 1.54) is 42.1 Å². The molecule has 0 saturated carbocycles. The van der Waals surface area contributed by atoms with Crippen molar-refractivity contribution in [2.24, 2.45) is 0 Å². The van der Waals surface area contributed by atoms with Crippen molar-refractivity contribution in [1.29, 1.82) is 0 Å². The number of carbonyl (C=O) groups is 2. The normalized spacial score (nSPS) is 12.9.